The van der Waals surface area contributed by atoms with Crippen molar-refractivity contribution in [2.24, 2.45) is 5.92 Å². The van der Waals surface area contributed by atoms with Crippen molar-refractivity contribution in [3.05, 3.63) is 47.3 Å². The average Bonchev–Trinajstić information content (AvgIpc) is 2.69. The minimum Gasteiger partial charge on any atom is -0.477 e. The van der Waals surface area contributed by atoms with E-state index in [1.807, 2.05) is 32.2 Å². The van der Waals surface area contributed by atoms with Crippen LogP contribution in [-0.2, 0) is 28.8 Å². The lowest BCUT2D eigenvalue weighted by atomic mass is 9.99. The van der Waals surface area contributed by atoms with Gasteiger partial charge in [0.2, 0.25) is 5.88 Å². The molecule has 1 atom stereocenters. The Bertz CT molecular complexity index is 777. The van der Waals surface area contributed by atoms with Gasteiger partial charge in [-0.25, -0.2) is 9.97 Å². The van der Waals surface area contributed by atoms with Gasteiger partial charge in [-0.3, -0.25) is 4.79 Å². The zero-order chi connectivity index (χ0) is 19.8. The van der Waals surface area contributed by atoms with Crippen LogP contribution in [0.1, 0.15) is 43.5 Å². The minimum absolute atomic E-state index is 0.145. The molecule has 6 heteroatoms. The van der Waals surface area contributed by atoms with Gasteiger partial charge in [-0.15, -0.1) is 0 Å². The summed E-state index contributed by atoms with van der Waals surface area (Å²) in [5.41, 5.74) is 3.41. The molecule has 0 amide bonds. The minimum atomic E-state index is -0.145. The quantitative estimate of drug-likeness (QED) is 0.667. The maximum absolute atomic E-state index is 11.5. The summed E-state index contributed by atoms with van der Waals surface area (Å²) in [5, 5.41) is 3.36. The molecule has 3 heterocycles. The van der Waals surface area contributed by atoms with E-state index in [-0.39, 0.29) is 11.9 Å². The predicted octanol–water partition coefficient (Wildman–Crippen LogP) is 3.59. The third-order valence-corrected chi connectivity index (χ3v) is 4.76. The summed E-state index contributed by atoms with van der Waals surface area (Å²) < 4.78 is 10.8. The molecule has 0 spiro atoms. The zero-order valence-electron chi connectivity index (χ0n) is 16.7. The Morgan fingerprint density at radius 2 is 2.18 bits per heavy atom. The van der Waals surface area contributed by atoms with Gasteiger partial charge >= 0.3 is 5.97 Å². The Morgan fingerprint density at radius 3 is 2.96 bits per heavy atom. The zero-order valence-corrected chi connectivity index (χ0v) is 16.7. The Labute approximate surface area is 166 Å². The summed E-state index contributed by atoms with van der Waals surface area (Å²) in [6.45, 7) is 5.83. The molecule has 2 aromatic rings. The first kappa shape index (κ1) is 20.1. The number of nitrogens with zero attached hydrogens (tertiary/aromatic N) is 2. The molecule has 150 valence electrons. The van der Waals surface area contributed by atoms with Crippen molar-refractivity contribution in [3.8, 4) is 5.88 Å². The third-order valence-electron chi connectivity index (χ3n) is 4.76. The lowest BCUT2D eigenvalue weighted by Crippen LogP contribution is -2.14. The van der Waals surface area contributed by atoms with Crippen LogP contribution in [0, 0.1) is 5.92 Å². The fourth-order valence-electron chi connectivity index (χ4n) is 3.36. The van der Waals surface area contributed by atoms with Gasteiger partial charge in [0.25, 0.3) is 0 Å². The van der Waals surface area contributed by atoms with E-state index in [9.17, 15) is 4.79 Å². The van der Waals surface area contributed by atoms with E-state index in [0.717, 1.165) is 42.9 Å². The molecule has 1 unspecified atom stereocenters. The van der Waals surface area contributed by atoms with Crippen molar-refractivity contribution in [3.63, 3.8) is 0 Å². The second kappa shape index (κ2) is 10.1. The van der Waals surface area contributed by atoms with Crippen LogP contribution in [0.3, 0.4) is 0 Å². The molecule has 0 saturated carbocycles. The molecule has 0 aliphatic carbocycles. The van der Waals surface area contributed by atoms with Gasteiger partial charge in [-0.05, 0) is 49.3 Å². The van der Waals surface area contributed by atoms with E-state index >= 15 is 0 Å². The molecule has 0 bridgehead atoms. The number of aryl methyl sites for hydroxylation is 1. The Morgan fingerprint density at radius 1 is 1.29 bits per heavy atom. The van der Waals surface area contributed by atoms with Crippen LogP contribution >= 0.6 is 0 Å². The van der Waals surface area contributed by atoms with Crippen molar-refractivity contribution in [2.75, 3.05) is 25.1 Å². The molecule has 0 aromatic carbocycles. The number of rotatable bonds is 9. The average molecular weight is 383 g/mol. The number of carbonyl (C=O) groups is 1. The molecule has 2 aromatic heterocycles. The third kappa shape index (κ3) is 5.94. The van der Waals surface area contributed by atoms with E-state index in [1.54, 1.807) is 0 Å². The molecular formula is C22H29N3O3. The number of hydrogen-bond donors (Lipinski definition) is 1. The number of ether oxygens (including phenoxy) is 2. The largest absolute Gasteiger partial charge is 0.477 e. The highest BCUT2D eigenvalue weighted by Gasteiger charge is 2.12. The maximum atomic E-state index is 11.5. The fourth-order valence-corrected chi connectivity index (χ4v) is 3.36. The van der Waals surface area contributed by atoms with Crippen LogP contribution in [0.15, 0.2) is 30.5 Å². The van der Waals surface area contributed by atoms with Gasteiger partial charge in [-0.1, -0.05) is 19.1 Å². The van der Waals surface area contributed by atoms with Crippen molar-refractivity contribution in [1.29, 1.82) is 0 Å². The molecule has 3 rings (SSSR count). The highest BCUT2D eigenvalue weighted by Crippen LogP contribution is 2.20. The number of carbonyl (C=O) groups excluding carboxylic acids is 1. The Kier molecular flexibility index (Phi) is 7.23. The topological polar surface area (TPSA) is 73.3 Å². The highest BCUT2D eigenvalue weighted by molar-refractivity contribution is 5.69. The van der Waals surface area contributed by atoms with Crippen LogP contribution in [0.2, 0.25) is 0 Å². The van der Waals surface area contributed by atoms with Gasteiger partial charge < -0.3 is 14.8 Å². The summed E-state index contributed by atoms with van der Waals surface area (Å²) in [6.07, 6.45) is 6.04. The van der Waals surface area contributed by atoms with E-state index < -0.39 is 0 Å². The molecule has 0 radical (unpaired) electrons. The normalized spacial score (nSPS) is 13.9. The first-order chi connectivity index (χ1) is 13.6. The van der Waals surface area contributed by atoms with E-state index in [4.69, 9.17) is 9.47 Å². The van der Waals surface area contributed by atoms with E-state index in [0.29, 0.717) is 25.5 Å². The number of anilines is 1. The summed E-state index contributed by atoms with van der Waals surface area (Å²) in [6, 6.07) is 8.13. The number of fused-ring (bicyclic) bond motifs is 1. The first-order valence-electron chi connectivity index (χ1n) is 10.1. The lowest BCUT2D eigenvalue weighted by molar-refractivity contribution is -0.144. The fraction of sp³-hybridized carbons (Fsp3) is 0.500. The standard InChI is InChI=1S/C22H29N3O3/c1-3-27-21(26)14-16(2)13-17-6-9-20(24-15-17)28-12-10-19-8-7-18-5-4-11-23-22(18)25-19/h6-9,15-16H,3-5,10-14H2,1-2H3,(H,23,25). The Hall–Kier alpha value is -2.63. The number of nitrogens with one attached hydrogen (secondary N) is 1. The van der Waals surface area contributed by atoms with Crippen LogP contribution in [0.5, 0.6) is 5.88 Å². The van der Waals surface area contributed by atoms with Crippen molar-refractivity contribution < 1.29 is 14.3 Å². The maximum Gasteiger partial charge on any atom is 0.306 e. The van der Waals surface area contributed by atoms with Crippen molar-refractivity contribution in [2.45, 2.75) is 46.0 Å². The molecular weight excluding hydrogens is 354 g/mol. The second-order valence-electron chi connectivity index (χ2n) is 7.26. The summed E-state index contributed by atoms with van der Waals surface area (Å²) in [5.74, 6) is 1.70. The van der Waals surface area contributed by atoms with Gasteiger partial charge in [0.05, 0.1) is 13.2 Å². The molecule has 1 N–H and O–H groups in total. The number of aromatic nitrogens is 2. The van der Waals surface area contributed by atoms with Crippen LogP contribution < -0.4 is 10.1 Å². The van der Waals surface area contributed by atoms with E-state index in [2.05, 4.69) is 27.4 Å². The van der Waals surface area contributed by atoms with E-state index in [1.165, 1.54) is 12.0 Å². The lowest BCUT2D eigenvalue weighted by Gasteiger charge is -2.17. The monoisotopic (exact) mass is 383 g/mol. The molecule has 1 aliphatic rings. The van der Waals surface area contributed by atoms with Crippen LogP contribution in [0.4, 0.5) is 5.82 Å². The van der Waals surface area contributed by atoms with Crippen LogP contribution in [-0.4, -0.2) is 35.7 Å². The molecule has 6 nitrogen and oxygen atoms in total. The smallest absolute Gasteiger partial charge is 0.306 e. The van der Waals surface area contributed by atoms with Gasteiger partial charge in [-0.2, -0.15) is 0 Å². The predicted molar refractivity (Wildman–Crippen MR) is 109 cm³/mol. The van der Waals surface area contributed by atoms with Crippen molar-refractivity contribution in [1.82, 2.24) is 9.97 Å². The van der Waals surface area contributed by atoms with Gasteiger partial charge in [0, 0.05) is 37.3 Å². The summed E-state index contributed by atoms with van der Waals surface area (Å²) in [4.78, 5) is 20.6. The molecule has 0 saturated heterocycles. The van der Waals surface area contributed by atoms with Gasteiger partial charge in [0.15, 0.2) is 0 Å². The highest BCUT2D eigenvalue weighted by atomic mass is 16.5. The van der Waals surface area contributed by atoms with Crippen molar-refractivity contribution >= 4 is 11.8 Å². The van der Waals surface area contributed by atoms with Crippen LogP contribution in [0.25, 0.3) is 0 Å². The van der Waals surface area contributed by atoms with Gasteiger partial charge in [0.1, 0.15) is 5.82 Å². The number of hydrogen-bond acceptors (Lipinski definition) is 6. The number of esters is 1. The SMILES string of the molecule is CCOC(=O)CC(C)Cc1ccc(OCCc2ccc3c(n2)NCCC3)nc1. The molecule has 1 aliphatic heterocycles. The summed E-state index contributed by atoms with van der Waals surface area (Å²) in [7, 11) is 0. The molecule has 0 fully saturated rings. The second-order valence-corrected chi connectivity index (χ2v) is 7.26. The molecule has 28 heavy (non-hydrogen) atoms. The Balaban J connectivity index is 1.43. The first-order valence-corrected chi connectivity index (χ1v) is 10.1. The number of pyridine rings is 2. The summed E-state index contributed by atoms with van der Waals surface area (Å²) >= 11 is 0.